The van der Waals surface area contributed by atoms with Crippen LogP contribution in [0.4, 0.5) is 0 Å². The number of allylic oxidation sites excluding steroid dienone is 5. The van der Waals surface area contributed by atoms with Crippen molar-refractivity contribution in [3.63, 3.8) is 0 Å². The fourth-order valence-electron chi connectivity index (χ4n) is 3.16. The molecule has 0 saturated carbocycles. The molecule has 1 amide bonds. The zero-order valence-electron chi connectivity index (χ0n) is 19.8. The van der Waals surface area contributed by atoms with Crippen LogP contribution >= 0.6 is 0 Å². The Morgan fingerprint density at radius 3 is 1.63 bits per heavy atom. The van der Waals surface area contributed by atoms with Crippen LogP contribution in [0.15, 0.2) is 69.6 Å². The second-order valence-electron chi connectivity index (χ2n) is 10.9. The van der Waals surface area contributed by atoms with E-state index < -0.39 is 0 Å². The maximum atomic E-state index is 13.0. The highest BCUT2D eigenvalue weighted by molar-refractivity contribution is 6.11. The molecule has 1 aromatic rings. The van der Waals surface area contributed by atoms with Gasteiger partial charge in [0, 0.05) is 16.7 Å². The summed E-state index contributed by atoms with van der Waals surface area (Å²) in [4.78, 5) is 25.3. The third-order valence-electron chi connectivity index (χ3n) is 5.08. The standard InChI is InChI=1S/C26H34N2O2/c1-24(2,3)19-12-10-18(11-13-19)23(30)28-27-16-17-14-20(25(4,5)6)22(29)21(15-17)26(7,8)9/h10-16H,1-9H3/b28-27+. The van der Waals surface area contributed by atoms with Crippen molar-refractivity contribution < 1.29 is 9.59 Å². The minimum absolute atomic E-state index is 0.0279. The lowest BCUT2D eigenvalue weighted by Crippen LogP contribution is -2.27. The second-order valence-corrected chi connectivity index (χ2v) is 10.9. The Morgan fingerprint density at radius 2 is 1.23 bits per heavy atom. The van der Waals surface area contributed by atoms with E-state index in [-0.39, 0.29) is 27.9 Å². The first-order chi connectivity index (χ1) is 13.6. The van der Waals surface area contributed by atoms with E-state index in [0.29, 0.717) is 5.56 Å². The molecular formula is C26H34N2O2. The first-order valence-electron chi connectivity index (χ1n) is 10.4. The molecule has 0 heterocycles. The zero-order valence-corrected chi connectivity index (χ0v) is 19.8. The molecule has 0 aromatic heterocycles. The molecule has 0 atom stereocenters. The molecule has 0 N–H and O–H groups in total. The smallest absolute Gasteiger partial charge is 0.289 e. The molecular weight excluding hydrogens is 372 g/mol. The van der Waals surface area contributed by atoms with E-state index in [9.17, 15) is 9.59 Å². The Morgan fingerprint density at radius 1 is 0.767 bits per heavy atom. The largest absolute Gasteiger partial charge is 0.295 e. The number of amides is 1. The van der Waals surface area contributed by atoms with Crippen molar-refractivity contribution in [1.29, 1.82) is 0 Å². The number of carbonyl (C=O) groups is 2. The van der Waals surface area contributed by atoms with Crippen LogP contribution in [0.3, 0.4) is 0 Å². The Kier molecular flexibility index (Phi) is 6.51. The van der Waals surface area contributed by atoms with Crippen molar-refractivity contribution >= 4 is 11.7 Å². The average molecular weight is 407 g/mol. The van der Waals surface area contributed by atoms with Gasteiger partial charge < -0.3 is 0 Å². The number of nitrogens with zero attached hydrogens (tertiary/aromatic N) is 2. The molecule has 1 aliphatic rings. The number of hydrogen-bond donors (Lipinski definition) is 0. The summed E-state index contributed by atoms with van der Waals surface area (Å²) in [6.07, 6.45) is 5.24. The highest BCUT2D eigenvalue weighted by atomic mass is 16.1. The molecule has 0 aliphatic heterocycles. The van der Waals surface area contributed by atoms with Crippen LogP contribution in [-0.4, -0.2) is 11.7 Å². The number of hydrogen-bond acceptors (Lipinski definition) is 3. The molecule has 4 nitrogen and oxygen atoms in total. The number of ketones is 1. The van der Waals surface area contributed by atoms with Crippen LogP contribution in [-0.2, 0) is 10.2 Å². The summed E-state index contributed by atoms with van der Waals surface area (Å²) in [5, 5.41) is 7.85. The van der Waals surface area contributed by atoms with Gasteiger partial charge in [-0.1, -0.05) is 74.4 Å². The van der Waals surface area contributed by atoms with Crippen LogP contribution in [0.5, 0.6) is 0 Å². The van der Waals surface area contributed by atoms with E-state index >= 15 is 0 Å². The van der Waals surface area contributed by atoms with E-state index in [1.165, 1.54) is 0 Å². The molecule has 30 heavy (non-hydrogen) atoms. The number of azo groups is 1. The topological polar surface area (TPSA) is 58.9 Å². The molecule has 2 rings (SSSR count). The Balaban J connectivity index is 2.31. The summed E-state index contributed by atoms with van der Waals surface area (Å²) in [6, 6.07) is 7.46. The van der Waals surface area contributed by atoms with Gasteiger partial charge in [0.05, 0.1) is 6.20 Å². The van der Waals surface area contributed by atoms with Crippen molar-refractivity contribution in [2.45, 2.75) is 67.7 Å². The van der Waals surface area contributed by atoms with E-state index in [2.05, 4.69) is 31.0 Å². The van der Waals surface area contributed by atoms with Crippen molar-refractivity contribution in [3.8, 4) is 0 Å². The fourth-order valence-corrected chi connectivity index (χ4v) is 3.16. The normalized spacial score (nSPS) is 15.9. The summed E-state index contributed by atoms with van der Waals surface area (Å²) in [6.45, 7) is 18.5. The van der Waals surface area contributed by atoms with Gasteiger partial charge in [-0.2, -0.15) is 5.11 Å². The Hall–Kier alpha value is -2.62. The Labute approximate surface area is 180 Å². The van der Waals surface area contributed by atoms with Crippen LogP contribution in [0.2, 0.25) is 0 Å². The number of rotatable bonds is 2. The lowest BCUT2D eigenvalue weighted by molar-refractivity contribution is -0.114. The molecule has 1 aliphatic carbocycles. The van der Waals surface area contributed by atoms with Crippen LogP contribution < -0.4 is 0 Å². The van der Waals surface area contributed by atoms with E-state index in [4.69, 9.17) is 0 Å². The molecule has 0 spiro atoms. The van der Waals surface area contributed by atoms with E-state index in [1.54, 1.807) is 18.3 Å². The van der Waals surface area contributed by atoms with Gasteiger partial charge in [-0.3, -0.25) is 9.59 Å². The van der Waals surface area contributed by atoms with Gasteiger partial charge >= 0.3 is 0 Å². The number of Topliss-reactive ketones (excluding diaryl/α,β-unsaturated/α-hetero) is 1. The van der Waals surface area contributed by atoms with Crippen molar-refractivity contribution in [1.82, 2.24) is 0 Å². The molecule has 0 bridgehead atoms. The highest BCUT2D eigenvalue weighted by Gasteiger charge is 2.33. The lowest BCUT2D eigenvalue weighted by atomic mass is 9.72. The van der Waals surface area contributed by atoms with Gasteiger partial charge in [0.25, 0.3) is 5.91 Å². The molecule has 0 unspecified atom stereocenters. The minimum Gasteiger partial charge on any atom is -0.289 e. The van der Waals surface area contributed by atoms with Gasteiger partial charge in [0.2, 0.25) is 0 Å². The van der Waals surface area contributed by atoms with Crippen LogP contribution in [0, 0.1) is 10.8 Å². The summed E-state index contributed by atoms with van der Waals surface area (Å²) < 4.78 is 0. The maximum Gasteiger partial charge on any atom is 0.295 e. The third kappa shape index (κ3) is 5.71. The van der Waals surface area contributed by atoms with Crippen LogP contribution in [0.25, 0.3) is 0 Å². The molecule has 4 heteroatoms. The van der Waals surface area contributed by atoms with Crippen molar-refractivity contribution in [2.75, 3.05) is 0 Å². The molecule has 0 saturated heterocycles. The Bertz CT molecular complexity index is 916. The predicted molar refractivity (Wildman–Crippen MR) is 122 cm³/mol. The van der Waals surface area contributed by atoms with E-state index in [1.807, 2.05) is 65.8 Å². The summed E-state index contributed by atoms with van der Waals surface area (Å²) >= 11 is 0. The SMILES string of the molecule is CC(C)(C)C1=CC(=C/N=N/C(=O)c2ccc(C(C)(C)C)cc2)C=C(C(C)(C)C)C1=O. The van der Waals surface area contributed by atoms with Gasteiger partial charge in [-0.05, 0) is 51.7 Å². The highest BCUT2D eigenvalue weighted by Crippen LogP contribution is 2.38. The summed E-state index contributed by atoms with van der Waals surface area (Å²) in [5.74, 6) is -0.321. The van der Waals surface area contributed by atoms with Crippen molar-refractivity contribution in [3.05, 3.63) is 70.5 Å². The molecule has 160 valence electrons. The van der Waals surface area contributed by atoms with Gasteiger partial charge in [-0.25, -0.2) is 0 Å². The number of benzene rings is 1. The average Bonchev–Trinajstić information content (AvgIpc) is 2.60. The minimum atomic E-state index is -0.390. The maximum absolute atomic E-state index is 13.0. The molecule has 1 aromatic carbocycles. The van der Waals surface area contributed by atoms with Crippen molar-refractivity contribution in [2.24, 2.45) is 21.1 Å². The number of carbonyl (C=O) groups excluding carboxylic acids is 2. The fraction of sp³-hybridized carbons (Fsp3) is 0.462. The quantitative estimate of drug-likeness (QED) is 0.497. The van der Waals surface area contributed by atoms with Crippen LogP contribution in [0.1, 0.15) is 78.2 Å². The molecule has 0 radical (unpaired) electrons. The third-order valence-corrected chi connectivity index (χ3v) is 5.08. The molecule has 0 fully saturated rings. The van der Waals surface area contributed by atoms with Gasteiger partial charge in [-0.15, -0.1) is 5.11 Å². The van der Waals surface area contributed by atoms with Gasteiger partial charge in [0.15, 0.2) is 5.78 Å². The predicted octanol–water partition coefficient (Wildman–Crippen LogP) is 6.99. The summed E-state index contributed by atoms with van der Waals surface area (Å²) in [5.41, 5.74) is 3.35. The summed E-state index contributed by atoms with van der Waals surface area (Å²) in [7, 11) is 0. The monoisotopic (exact) mass is 406 g/mol. The second kappa shape index (κ2) is 8.25. The zero-order chi connectivity index (χ0) is 22.9. The lowest BCUT2D eigenvalue weighted by Gasteiger charge is -2.31. The van der Waals surface area contributed by atoms with Gasteiger partial charge in [0.1, 0.15) is 0 Å². The van der Waals surface area contributed by atoms with E-state index in [0.717, 1.165) is 22.3 Å². The first kappa shape index (κ1) is 23.7. The first-order valence-corrected chi connectivity index (χ1v) is 10.4.